The molecule has 3 rings (SSSR count). The molecule has 0 bridgehead atoms. The lowest BCUT2D eigenvalue weighted by atomic mass is 9.92. The van der Waals surface area contributed by atoms with Gasteiger partial charge in [-0.05, 0) is 80.6 Å². The average Bonchev–Trinajstić information content (AvgIpc) is 2.81. The molecule has 6 nitrogen and oxygen atoms in total. The maximum Gasteiger partial charge on any atom is 0.412 e. The lowest BCUT2D eigenvalue weighted by Crippen LogP contribution is -2.28. The van der Waals surface area contributed by atoms with Crippen LogP contribution in [-0.4, -0.2) is 19.1 Å². The average molecular weight is 475 g/mol. The summed E-state index contributed by atoms with van der Waals surface area (Å²) in [6.07, 6.45) is 0.228. The fourth-order valence-corrected chi connectivity index (χ4v) is 3.68. The monoisotopic (exact) mass is 474 g/mol. The fourth-order valence-electron chi connectivity index (χ4n) is 3.68. The van der Waals surface area contributed by atoms with E-state index in [0.717, 1.165) is 34.4 Å². The van der Waals surface area contributed by atoms with Crippen molar-refractivity contribution in [3.8, 4) is 0 Å². The van der Waals surface area contributed by atoms with Crippen molar-refractivity contribution in [1.29, 1.82) is 0 Å². The molecule has 0 radical (unpaired) electrons. The van der Waals surface area contributed by atoms with Crippen LogP contribution in [0.4, 0.5) is 16.2 Å². The van der Waals surface area contributed by atoms with Crippen LogP contribution in [0.3, 0.4) is 0 Å². The lowest BCUT2D eigenvalue weighted by molar-refractivity contribution is -0.114. The first-order chi connectivity index (χ1) is 16.5. The molecule has 0 saturated carbocycles. The van der Waals surface area contributed by atoms with E-state index in [4.69, 9.17) is 9.47 Å². The van der Waals surface area contributed by atoms with Crippen LogP contribution < -0.4 is 10.6 Å². The number of hydrogen-bond acceptors (Lipinski definition) is 4. The van der Waals surface area contributed by atoms with Gasteiger partial charge in [-0.15, -0.1) is 0 Å². The molecular formula is C29H34N2O4. The quantitative estimate of drug-likeness (QED) is 0.386. The summed E-state index contributed by atoms with van der Waals surface area (Å²) in [7, 11) is 1.68. The number of methoxy groups -OCH3 is 1. The van der Waals surface area contributed by atoms with Gasteiger partial charge in [0.25, 0.3) is 0 Å². The Morgan fingerprint density at radius 1 is 0.686 bits per heavy atom. The van der Waals surface area contributed by atoms with Crippen LogP contribution in [0.5, 0.6) is 0 Å². The van der Waals surface area contributed by atoms with Crippen LogP contribution in [-0.2, 0) is 31.9 Å². The number of amides is 2. The Morgan fingerprint density at radius 3 is 1.54 bits per heavy atom. The van der Waals surface area contributed by atoms with Crippen LogP contribution in [0.15, 0.2) is 72.8 Å². The first-order valence-electron chi connectivity index (χ1n) is 11.6. The maximum absolute atomic E-state index is 12.6. The van der Waals surface area contributed by atoms with Gasteiger partial charge in [0.05, 0.1) is 5.60 Å². The minimum absolute atomic E-state index is 0.0909. The van der Waals surface area contributed by atoms with E-state index in [0.29, 0.717) is 5.69 Å². The van der Waals surface area contributed by atoms with Crippen molar-refractivity contribution in [2.75, 3.05) is 17.7 Å². The van der Waals surface area contributed by atoms with E-state index in [9.17, 15) is 9.59 Å². The summed E-state index contributed by atoms with van der Waals surface area (Å²) in [5, 5.41) is 5.57. The van der Waals surface area contributed by atoms with Gasteiger partial charge in [0.1, 0.15) is 5.60 Å². The predicted molar refractivity (Wildman–Crippen MR) is 140 cm³/mol. The maximum atomic E-state index is 12.6. The van der Waals surface area contributed by atoms with Gasteiger partial charge in [0, 0.05) is 25.4 Å². The molecule has 35 heavy (non-hydrogen) atoms. The second kappa shape index (κ2) is 10.7. The lowest BCUT2D eigenvalue weighted by Gasteiger charge is -2.28. The van der Waals surface area contributed by atoms with Crippen LogP contribution >= 0.6 is 0 Å². The summed E-state index contributed by atoms with van der Waals surface area (Å²) in [5.41, 5.74) is 4.42. The molecule has 0 heterocycles. The number of nitrogens with one attached hydrogen (secondary N) is 2. The highest BCUT2D eigenvalue weighted by molar-refractivity contribution is 5.88. The van der Waals surface area contributed by atoms with E-state index >= 15 is 0 Å². The van der Waals surface area contributed by atoms with E-state index in [1.54, 1.807) is 7.11 Å². The molecule has 0 aromatic heterocycles. The van der Waals surface area contributed by atoms with Gasteiger partial charge in [0.2, 0.25) is 5.91 Å². The zero-order valence-electron chi connectivity index (χ0n) is 21.3. The molecular weight excluding hydrogens is 440 g/mol. The van der Waals surface area contributed by atoms with Gasteiger partial charge < -0.3 is 14.8 Å². The second-order valence-electron chi connectivity index (χ2n) is 9.57. The molecule has 2 amide bonds. The van der Waals surface area contributed by atoms with E-state index in [2.05, 4.69) is 10.6 Å². The standard InChI is InChI=1S/C29H34N2O4/c1-20(32)30-25-15-7-21(8-16-25)19-22-9-17-26(18-10-22)31-27(33)35-29(4,5)24-13-11-23(12-14-24)28(2,3)34-6/h7-18H,19H2,1-6H3,(H,30,32)(H,31,33). The molecule has 0 spiro atoms. The number of rotatable bonds is 8. The number of anilines is 2. The zero-order valence-corrected chi connectivity index (χ0v) is 21.3. The third-order valence-corrected chi connectivity index (χ3v) is 6.02. The van der Waals surface area contributed by atoms with Crippen LogP contribution in [0.25, 0.3) is 0 Å². The highest BCUT2D eigenvalue weighted by Crippen LogP contribution is 2.29. The molecule has 0 saturated heterocycles. The third-order valence-electron chi connectivity index (χ3n) is 6.02. The molecule has 3 aromatic rings. The van der Waals surface area contributed by atoms with Crippen molar-refractivity contribution in [1.82, 2.24) is 0 Å². The Hall–Kier alpha value is -3.64. The van der Waals surface area contributed by atoms with Gasteiger partial charge in [-0.25, -0.2) is 4.79 Å². The zero-order chi connectivity index (χ0) is 25.6. The van der Waals surface area contributed by atoms with E-state index in [-0.39, 0.29) is 11.5 Å². The summed E-state index contributed by atoms with van der Waals surface area (Å²) in [6, 6.07) is 23.3. The van der Waals surface area contributed by atoms with Gasteiger partial charge in [0.15, 0.2) is 0 Å². The minimum Gasteiger partial charge on any atom is -0.438 e. The largest absolute Gasteiger partial charge is 0.438 e. The van der Waals surface area contributed by atoms with Crippen molar-refractivity contribution in [2.24, 2.45) is 0 Å². The second-order valence-corrected chi connectivity index (χ2v) is 9.57. The number of carbonyl (C=O) groups excluding carboxylic acids is 2. The number of hydrogen-bond donors (Lipinski definition) is 2. The van der Waals surface area contributed by atoms with Gasteiger partial charge in [-0.2, -0.15) is 0 Å². The van der Waals surface area contributed by atoms with Gasteiger partial charge in [-0.1, -0.05) is 48.5 Å². The van der Waals surface area contributed by atoms with Crippen molar-refractivity contribution >= 4 is 23.4 Å². The molecule has 0 atom stereocenters. The summed E-state index contributed by atoms with van der Waals surface area (Å²) in [5.74, 6) is -0.0909. The van der Waals surface area contributed by atoms with Crippen LogP contribution in [0.2, 0.25) is 0 Å². The third kappa shape index (κ3) is 7.17. The summed E-state index contributed by atoms with van der Waals surface area (Å²) in [4.78, 5) is 23.7. The van der Waals surface area contributed by atoms with Crippen molar-refractivity contribution < 1.29 is 19.1 Å². The SMILES string of the molecule is COC(C)(C)c1ccc(C(C)(C)OC(=O)Nc2ccc(Cc3ccc(NC(C)=O)cc3)cc2)cc1. The molecule has 2 N–H and O–H groups in total. The van der Waals surface area contributed by atoms with Crippen molar-refractivity contribution in [2.45, 2.75) is 52.2 Å². The molecule has 0 aliphatic rings. The number of ether oxygens (including phenoxy) is 2. The predicted octanol–water partition coefficient (Wildman–Crippen LogP) is 6.60. The van der Waals surface area contributed by atoms with Crippen molar-refractivity contribution in [3.63, 3.8) is 0 Å². The highest BCUT2D eigenvalue weighted by atomic mass is 16.6. The number of benzene rings is 3. The molecule has 0 fully saturated rings. The summed E-state index contributed by atoms with van der Waals surface area (Å²) < 4.78 is 11.3. The Morgan fingerprint density at radius 2 is 1.11 bits per heavy atom. The topological polar surface area (TPSA) is 76.7 Å². The molecule has 0 aliphatic heterocycles. The molecule has 0 unspecified atom stereocenters. The Kier molecular flexibility index (Phi) is 7.97. The normalized spacial score (nSPS) is 11.6. The number of carbonyl (C=O) groups is 2. The molecule has 6 heteroatoms. The first-order valence-corrected chi connectivity index (χ1v) is 11.6. The van der Waals surface area contributed by atoms with Crippen molar-refractivity contribution in [3.05, 3.63) is 95.1 Å². The fraction of sp³-hybridized carbons (Fsp3) is 0.310. The molecule has 0 aliphatic carbocycles. The summed E-state index contributed by atoms with van der Waals surface area (Å²) >= 11 is 0. The van der Waals surface area contributed by atoms with E-state index < -0.39 is 11.7 Å². The summed E-state index contributed by atoms with van der Waals surface area (Å²) in [6.45, 7) is 9.23. The first kappa shape index (κ1) is 26.0. The van der Waals surface area contributed by atoms with Crippen LogP contribution in [0.1, 0.15) is 56.9 Å². The Bertz CT molecular complexity index is 1150. The van der Waals surface area contributed by atoms with E-state index in [1.165, 1.54) is 6.92 Å². The van der Waals surface area contributed by atoms with Gasteiger partial charge >= 0.3 is 6.09 Å². The highest BCUT2D eigenvalue weighted by Gasteiger charge is 2.27. The Balaban J connectivity index is 1.57. The minimum atomic E-state index is -0.802. The van der Waals surface area contributed by atoms with Crippen LogP contribution in [0, 0.1) is 0 Å². The molecule has 3 aromatic carbocycles. The molecule has 184 valence electrons. The smallest absolute Gasteiger partial charge is 0.412 e. The van der Waals surface area contributed by atoms with E-state index in [1.807, 2.05) is 100 Å². The Labute approximate surface area is 207 Å². The van der Waals surface area contributed by atoms with Gasteiger partial charge in [-0.3, -0.25) is 10.1 Å².